The van der Waals surface area contributed by atoms with Gasteiger partial charge in [-0.05, 0) is 91.9 Å². The molecule has 1 heterocycles. The molecule has 2 atom stereocenters. The van der Waals surface area contributed by atoms with Gasteiger partial charge in [-0.15, -0.1) is 0 Å². The molecule has 3 nitrogen and oxygen atoms in total. The monoisotopic (exact) mass is 1080 g/mol. The molecule has 1 aromatic heterocycles. The largest absolute Gasteiger partial charge is 0.226 e. The van der Waals surface area contributed by atoms with E-state index in [1.165, 1.54) is 91.9 Å². The summed E-state index contributed by atoms with van der Waals surface area (Å²) in [6, 6.07) is 119. The van der Waals surface area contributed by atoms with Gasteiger partial charge < -0.3 is 0 Å². The first kappa shape index (κ1) is 49.2. The quantitative estimate of drug-likeness (QED) is 0.0904. The minimum atomic E-state index is -3.32. The van der Waals surface area contributed by atoms with Crippen LogP contribution in [0.1, 0.15) is 45.2 Å². The molecule has 0 saturated carbocycles. The van der Waals surface area contributed by atoms with E-state index in [1.807, 2.05) is 0 Å². The van der Waals surface area contributed by atoms with Gasteiger partial charge in [0, 0.05) is 23.0 Å². The maximum absolute atomic E-state index is 5.97. The van der Waals surface area contributed by atoms with Gasteiger partial charge >= 0.3 is 0 Å². The molecule has 0 saturated heterocycles. The highest BCUT2D eigenvalue weighted by Gasteiger charge is 2.51. The molecule has 386 valence electrons. The Hall–Kier alpha value is -9.92. The summed E-state index contributed by atoms with van der Waals surface area (Å²) >= 11 is 0. The Morgan fingerprint density at radius 2 is 0.585 bits per heavy atom. The highest BCUT2D eigenvalue weighted by Crippen LogP contribution is 2.57. The predicted molar refractivity (Wildman–Crippen MR) is 344 cm³/mol. The molecule has 13 aromatic rings. The summed E-state index contributed by atoms with van der Waals surface area (Å²) in [6.45, 7) is 0. The first-order valence-electron chi connectivity index (χ1n) is 28.4. The second-order valence-electron chi connectivity index (χ2n) is 21.6. The molecule has 3 aliphatic carbocycles. The van der Waals surface area contributed by atoms with Crippen molar-refractivity contribution in [2.45, 2.75) is 11.8 Å². The fraction of sp³-hybridized carbons (Fsp3) is 0.0260. The summed E-state index contributed by atoms with van der Waals surface area (Å²) in [6.07, 6.45) is 0. The van der Waals surface area contributed by atoms with Gasteiger partial charge in [-0.2, -0.15) is 0 Å². The van der Waals surface area contributed by atoms with E-state index in [0.29, 0.717) is 11.6 Å². The van der Waals surface area contributed by atoms with Crippen molar-refractivity contribution in [2.24, 2.45) is 0 Å². The summed E-state index contributed by atoms with van der Waals surface area (Å²) < 4.78 is 0. The first-order valence-corrected chi connectivity index (χ1v) is 32.4. The maximum atomic E-state index is 5.97. The zero-order valence-corrected chi connectivity index (χ0v) is 47.1. The zero-order valence-electron chi connectivity index (χ0n) is 45.1. The fourth-order valence-electron chi connectivity index (χ4n) is 13.9. The van der Waals surface area contributed by atoms with Gasteiger partial charge in [0.15, 0.2) is 19.7 Å². The van der Waals surface area contributed by atoms with Gasteiger partial charge in [0.05, 0.1) is 0 Å². The molecule has 82 heavy (non-hydrogen) atoms. The number of hydrogen-bond acceptors (Lipinski definition) is 3. The minimum absolute atomic E-state index is 0.0406. The van der Waals surface area contributed by atoms with Crippen molar-refractivity contribution < 1.29 is 0 Å². The summed E-state index contributed by atoms with van der Waals surface area (Å²) in [5, 5.41) is 9.02. The van der Waals surface area contributed by atoms with Crippen molar-refractivity contribution in [3.8, 4) is 45.0 Å². The molecule has 2 bridgehead atoms. The summed E-state index contributed by atoms with van der Waals surface area (Å²) in [4.78, 5) is 17.4. The van der Waals surface area contributed by atoms with Crippen molar-refractivity contribution in [1.29, 1.82) is 0 Å². The lowest BCUT2D eigenvalue weighted by molar-refractivity contribution is 0.759. The predicted octanol–water partition coefficient (Wildman–Crippen LogP) is 12.3. The highest BCUT2D eigenvalue weighted by molar-refractivity contribution is 7.20. The van der Waals surface area contributed by atoms with Gasteiger partial charge in [0.25, 0.3) is 0 Å². The van der Waals surface area contributed by atoms with Gasteiger partial charge in [-0.25, -0.2) is 15.0 Å². The Kier molecular flexibility index (Phi) is 12.4. The summed E-state index contributed by atoms with van der Waals surface area (Å²) in [5.41, 5.74) is 15.6. The molecule has 0 spiro atoms. The topological polar surface area (TPSA) is 38.7 Å². The van der Waals surface area contributed by atoms with Gasteiger partial charge in [-0.1, -0.05) is 322 Å². The molecule has 0 N–H and O–H groups in total. The lowest BCUT2D eigenvalue weighted by Gasteiger charge is -2.46. The van der Waals surface area contributed by atoms with Gasteiger partial charge in [-0.3, -0.25) is 0 Å². The molecule has 0 amide bonds. The molecule has 0 aliphatic heterocycles. The van der Waals surface area contributed by atoms with Crippen molar-refractivity contribution in [3.63, 3.8) is 0 Å². The number of rotatable bonds is 12. The van der Waals surface area contributed by atoms with Crippen LogP contribution in [0.5, 0.6) is 0 Å². The normalized spacial score (nSPS) is 14.1. The van der Waals surface area contributed by atoms with E-state index in [9.17, 15) is 0 Å². The standard InChI is InChI=1S/C77H55N3Si2/c1-8-28-54(29-9-1)57-34-24-44-63(52-57)81(59-36-14-4-15-37-59,64-45-25-35-58(53-64)55-30-10-2-11-31-55)70-51-27-49-68-71-65-46-22-23-47-66(65)74(73(68)70)72-67(71)48-26-50-69(72)76-78-75(56-32-12-3-13-33-56)79-77(80-76)82(60-38-16-5-17-39-60,61-40-18-6-19-41-61)62-42-20-7-21-43-62/h1-53,71,74H. The van der Waals surface area contributed by atoms with Crippen LogP contribution in [0.25, 0.3) is 45.0 Å². The van der Waals surface area contributed by atoms with Crippen molar-refractivity contribution >= 4 is 57.9 Å². The third kappa shape index (κ3) is 7.95. The van der Waals surface area contributed by atoms with E-state index in [1.54, 1.807) is 0 Å². The Bertz CT molecular complexity index is 4270. The molecule has 5 heteroatoms. The number of benzene rings is 12. The van der Waals surface area contributed by atoms with Gasteiger partial charge in [0.1, 0.15) is 5.45 Å². The van der Waals surface area contributed by atoms with Crippen LogP contribution in [0.15, 0.2) is 322 Å². The van der Waals surface area contributed by atoms with Crippen LogP contribution in [0.4, 0.5) is 0 Å². The van der Waals surface area contributed by atoms with Crippen LogP contribution in [0, 0.1) is 0 Å². The Morgan fingerprint density at radius 1 is 0.232 bits per heavy atom. The van der Waals surface area contributed by atoms with Gasteiger partial charge in [0.2, 0.25) is 8.07 Å². The van der Waals surface area contributed by atoms with Crippen molar-refractivity contribution in [2.75, 3.05) is 0 Å². The smallest absolute Gasteiger partial charge is 0.217 e. The molecule has 12 aromatic carbocycles. The Labute approximate surface area is 481 Å². The molecule has 0 radical (unpaired) electrons. The lowest BCUT2D eigenvalue weighted by Crippen LogP contribution is -2.76. The first-order chi connectivity index (χ1) is 40.7. The summed E-state index contributed by atoms with van der Waals surface area (Å²) in [7, 11) is -6.58. The van der Waals surface area contributed by atoms with E-state index >= 15 is 0 Å². The van der Waals surface area contributed by atoms with Crippen molar-refractivity contribution in [1.82, 2.24) is 15.0 Å². The van der Waals surface area contributed by atoms with Crippen LogP contribution in [-0.2, 0) is 0 Å². The average Bonchev–Trinajstić information content (AvgIpc) is 2.11. The molecule has 16 rings (SSSR count). The molecule has 2 unspecified atom stereocenters. The molecule has 0 fully saturated rings. The zero-order chi connectivity index (χ0) is 54.5. The summed E-state index contributed by atoms with van der Waals surface area (Å²) in [5.74, 6) is 1.14. The maximum Gasteiger partial charge on any atom is 0.226 e. The third-order valence-electron chi connectivity index (χ3n) is 17.4. The Balaban J connectivity index is 1.04. The fourth-order valence-corrected chi connectivity index (χ4v) is 23.4. The second-order valence-corrected chi connectivity index (χ2v) is 29.1. The Morgan fingerprint density at radius 3 is 1.09 bits per heavy atom. The van der Waals surface area contributed by atoms with E-state index in [0.717, 1.165) is 16.6 Å². The molecule has 3 aliphatic rings. The van der Waals surface area contributed by atoms with E-state index in [-0.39, 0.29) is 11.8 Å². The van der Waals surface area contributed by atoms with Crippen LogP contribution in [-0.4, -0.2) is 31.1 Å². The van der Waals surface area contributed by atoms with Crippen molar-refractivity contribution in [3.05, 3.63) is 355 Å². The second kappa shape index (κ2) is 20.6. The van der Waals surface area contributed by atoms with Crippen LogP contribution < -0.4 is 41.8 Å². The SMILES string of the molecule is c1ccc(-c2cccc([Si](c3ccccc3)(c3cccc(-c4ccccc4)c3)c3cccc4c3C3c5ccccc5C4c4cccc(-c5nc(-c6ccccc6)nc([Si](c6ccccc6)(c6ccccc6)c6ccccc6)n5)c43)c2)cc1. The minimum Gasteiger partial charge on any atom is -0.217 e. The van der Waals surface area contributed by atoms with Crippen LogP contribution in [0.2, 0.25) is 0 Å². The number of hydrogen-bond donors (Lipinski definition) is 0. The average molecular weight is 1080 g/mol. The van der Waals surface area contributed by atoms with E-state index in [4.69, 9.17) is 15.0 Å². The highest BCUT2D eigenvalue weighted by atomic mass is 28.3. The van der Waals surface area contributed by atoms with Crippen LogP contribution >= 0.6 is 0 Å². The molecular weight excluding hydrogens is 1020 g/mol. The lowest BCUT2D eigenvalue weighted by atomic mass is 9.60. The van der Waals surface area contributed by atoms with E-state index < -0.39 is 16.1 Å². The van der Waals surface area contributed by atoms with Crippen LogP contribution in [0.3, 0.4) is 0 Å². The number of aromatic nitrogens is 3. The third-order valence-corrected chi connectivity index (χ3v) is 26.7. The molecular formula is C77H55N3Si2. The van der Waals surface area contributed by atoms with E-state index in [2.05, 4.69) is 322 Å². The number of nitrogens with zero attached hydrogens (tertiary/aromatic N) is 3.